The summed E-state index contributed by atoms with van der Waals surface area (Å²) in [5.74, 6) is -0.0129. The van der Waals surface area contributed by atoms with Crippen molar-refractivity contribution in [3.05, 3.63) is 29.8 Å². The maximum absolute atomic E-state index is 11.5. The van der Waals surface area contributed by atoms with Crippen molar-refractivity contribution in [1.29, 1.82) is 0 Å². The van der Waals surface area contributed by atoms with Gasteiger partial charge in [-0.1, -0.05) is 5.21 Å². The minimum Gasteiger partial charge on any atom is -0.352 e. The van der Waals surface area contributed by atoms with Crippen LogP contribution in [-0.2, 0) is 17.9 Å². The van der Waals surface area contributed by atoms with Crippen LogP contribution in [0.1, 0.15) is 17.7 Å². The van der Waals surface area contributed by atoms with Gasteiger partial charge in [0.2, 0.25) is 5.91 Å². The topological polar surface area (TPSA) is 88.5 Å². The van der Waals surface area contributed by atoms with Gasteiger partial charge in [-0.25, -0.2) is 0 Å². The highest BCUT2D eigenvalue weighted by Gasteiger charge is 2.04. The third-order valence-electron chi connectivity index (χ3n) is 2.45. The second kappa shape index (κ2) is 5.24. The highest BCUT2D eigenvalue weighted by molar-refractivity contribution is 5.75. The van der Waals surface area contributed by atoms with E-state index in [9.17, 15) is 4.79 Å². The molecule has 0 aromatic carbocycles. The molecule has 2 aromatic rings. The zero-order valence-corrected chi connectivity index (χ0v) is 9.55. The average Bonchev–Trinajstić information content (AvgIpc) is 2.95. The first kappa shape index (κ1) is 11.3. The van der Waals surface area contributed by atoms with E-state index in [1.54, 1.807) is 23.3 Å². The zero-order valence-electron chi connectivity index (χ0n) is 9.55. The largest absolute Gasteiger partial charge is 0.352 e. The Morgan fingerprint density at radius 1 is 1.59 bits per heavy atom. The van der Waals surface area contributed by atoms with Gasteiger partial charge in [0, 0.05) is 30.4 Å². The summed E-state index contributed by atoms with van der Waals surface area (Å²) >= 11 is 0. The summed E-state index contributed by atoms with van der Waals surface area (Å²) in [5, 5.41) is 17.0. The van der Waals surface area contributed by atoms with Gasteiger partial charge in [0.05, 0.1) is 18.9 Å². The first-order valence-electron chi connectivity index (χ1n) is 5.35. The summed E-state index contributed by atoms with van der Waals surface area (Å²) < 4.78 is 1.63. The first-order chi connectivity index (χ1) is 8.25. The average molecular weight is 234 g/mol. The lowest BCUT2D eigenvalue weighted by Crippen LogP contribution is -2.24. The van der Waals surface area contributed by atoms with E-state index in [0.29, 0.717) is 19.5 Å². The maximum atomic E-state index is 11.5. The van der Waals surface area contributed by atoms with Crippen molar-refractivity contribution in [3.8, 4) is 0 Å². The monoisotopic (exact) mass is 234 g/mol. The minimum atomic E-state index is -0.0129. The number of nitrogens with one attached hydrogen (secondary N) is 2. The molecule has 7 nitrogen and oxygen atoms in total. The molecule has 0 aliphatic carbocycles. The maximum Gasteiger partial charge on any atom is 0.222 e. The molecule has 90 valence electrons. The van der Waals surface area contributed by atoms with Crippen LogP contribution in [0.2, 0.25) is 0 Å². The molecule has 2 N–H and O–H groups in total. The molecule has 0 fully saturated rings. The lowest BCUT2D eigenvalue weighted by Gasteiger charge is -2.04. The number of nitrogens with zero attached hydrogens (tertiary/aromatic N) is 4. The van der Waals surface area contributed by atoms with E-state index < -0.39 is 0 Å². The number of carbonyl (C=O) groups excluding carboxylic acids is 1. The third-order valence-corrected chi connectivity index (χ3v) is 2.45. The minimum absolute atomic E-state index is 0.0129. The zero-order chi connectivity index (χ0) is 12.1. The lowest BCUT2D eigenvalue weighted by atomic mass is 10.2. The quantitative estimate of drug-likeness (QED) is 0.763. The van der Waals surface area contributed by atoms with Gasteiger partial charge in [-0.15, -0.1) is 5.10 Å². The van der Waals surface area contributed by atoms with E-state index in [4.69, 9.17) is 0 Å². The second-order valence-corrected chi connectivity index (χ2v) is 3.71. The van der Waals surface area contributed by atoms with Gasteiger partial charge < -0.3 is 5.32 Å². The number of H-pyrrole nitrogens is 1. The van der Waals surface area contributed by atoms with Crippen LogP contribution in [0.25, 0.3) is 0 Å². The van der Waals surface area contributed by atoms with Crippen LogP contribution in [-0.4, -0.2) is 31.1 Å². The fourth-order valence-corrected chi connectivity index (χ4v) is 1.40. The van der Waals surface area contributed by atoms with Crippen LogP contribution < -0.4 is 5.32 Å². The van der Waals surface area contributed by atoms with Gasteiger partial charge in [0.25, 0.3) is 0 Å². The number of aromatic nitrogens is 5. The molecule has 2 rings (SSSR count). The molecule has 0 aliphatic heterocycles. The van der Waals surface area contributed by atoms with Crippen molar-refractivity contribution in [2.24, 2.45) is 0 Å². The molecule has 0 saturated carbocycles. The van der Waals surface area contributed by atoms with Crippen LogP contribution in [0.15, 0.2) is 18.6 Å². The van der Waals surface area contributed by atoms with Gasteiger partial charge in [-0.3, -0.25) is 14.6 Å². The SMILES string of the molecule is Cc1[nH]ncc1CNC(=O)CCn1ccnn1. The number of carbonyl (C=O) groups is 1. The molecule has 1 amide bonds. The van der Waals surface area contributed by atoms with Crippen LogP contribution in [0.3, 0.4) is 0 Å². The Labute approximate surface area is 98.2 Å². The molecule has 0 unspecified atom stereocenters. The number of hydrogen-bond donors (Lipinski definition) is 2. The standard InChI is InChI=1S/C10H14N6O/c1-8-9(7-13-14-8)6-11-10(17)2-4-16-5-3-12-15-16/h3,5,7H,2,4,6H2,1H3,(H,11,17)(H,13,14). The summed E-state index contributed by atoms with van der Waals surface area (Å²) in [6.45, 7) is 2.96. The van der Waals surface area contributed by atoms with Crippen LogP contribution in [0, 0.1) is 6.92 Å². The number of aryl methyl sites for hydroxylation is 2. The second-order valence-electron chi connectivity index (χ2n) is 3.71. The molecule has 0 spiro atoms. The molecular formula is C10H14N6O. The van der Waals surface area contributed by atoms with E-state index >= 15 is 0 Å². The molecule has 0 atom stereocenters. The fourth-order valence-electron chi connectivity index (χ4n) is 1.40. The van der Waals surface area contributed by atoms with E-state index in [2.05, 4.69) is 25.8 Å². The van der Waals surface area contributed by atoms with Gasteiger partial charge in [-0.05, 0) is 6.92 Å². The van der Waals surface area contributed by atoms with E-state index in [1.807, 2.05) is 6.92 Å². The predicted octanol–water partition coefficient (Wildman–Crippen LogP) is 0.0161. The lowest BCUT2D eigenvalue weighted by molar-refractivity contribution is -0.121. The Hall–Kier alpha value is -2.18. The van der Waals surface area contributed by atoms with Gasteiger partial charge >= 0.3 is 0 Å². The van der Waals surface area contributed by atoms with Crippen molar-refractivity contribution in [3.63, 3.8) is 0 Å². The smallest absolute Gasteiger partial charge is 0.222 e. The molecular weight excluding hydrogens is 220 g/mol. The van der Waals surface area contributed by atoms with Crippen molar-refractivity contribution < 1.29 is 4.79 Å². The van der Waals surface area contributed by atoms with Gasteiger partial charge in [0.1, 0.15) is 0 Å². The summed E-state index contributed by atoms with van der Waals surface area (Å²) in [5.41, 5.74) is 1.97. The molecule has 0 saturated heterocycles. The number of rotatable bonds is 5. The predicted molar refractivity (Wildman–Crippen MR) is 59.8 cm³/mol. The molecule has 7 heteroatoms. The summed E-state index contributed by atoms with van der Waals surface area (Å²) in [7, 11) is 0. The summed E-state index contributed by atoms with van der Waals surface area (Å²) in [4.78, 5) is 11.5. The first-order valence-corrected chi connectivity index (χ1v) is 5.35. The highest BCUT2D eigenvalue weighted by Crippen LogP contribution is 2.01. The Kier molecular flexibility index (Phi) is 3.49. The highest BCUT2D eigenvalue weighted by atomic mass is 16.1. The van der Waals surface area contributed by atoms with Gasteiger partial charge in [0.15, 0.2) is 0 Å². The third kappa shape index (κ3) is 3.13. The Balaban J connectivity index is 1.73. The van der Waals surface area contributed by atoms with E-state index in [1.165, 1.54) is 0 Å². The summed E-state index contributed by atoms with van der Waals surface area (Å²) in [6.07, 6.45) is 5.42. The van der Waals surface area contributed by atoms with Gasteiger partial charge in [-0.2, -0.15) is 5.10 Å². The summed E-state index contributed by atoms with van der Waals surface area (Å²) in [6, 6.07) is 0. The van der Waals surface area contributed by atoms with Crippen LogP contribution in [0.5, 0.6) is 0 Å². The Morgan fingerprint density at radius 3 is 3.12 bits per heavy atom. The number of hydrogen-bond acceptors (Lipinski definition) is 4. The molecule has 0 radical (unpaired) electrons. The Morgan fingerprint density at radius 2 is 2.47 bits per heavy atom. The van der Waals surface area contributed by atoms with E-state index in [-0.39, 0.29) is 5.91 Å². The van der Waals surface area contributed by atoms with E-state index in [0.717, 1.165) is 11.3 Å². The van der Waals surface area contributed by atoms with Crippen LogP contribution >= 0.6 is 0 Å². The normalized spacial score (nSPS) is 10.4. The molecule has 0 bridgehead atoms. The molecule has 2 aromatic heterocycles. The molecule has 2 heterocycles. The molecule has 0 aliphatic rings. The number of aromatic amines is 1. The van der Waals surface area contributed by atoms with Crippen molar-refractivity contribution in [1.82, 2.24) is 30.5 Å². The molecule has 17 heavy (non-hydrogen) atoms. The van der Waals surface area contributed by atoms with Crippen molar-refractivity contribution >= 4 is 5.91 Å². The van der Waals surface area contributed by atoms with Crippen molar-refractivity contribution in [2.45, 2.75) is 26.4 Å². The number of amides is 1. The van der Waals surface area contributed by atoms with Crippen LogP contribution in [0.4, 0.5) is 0 Å². The van der Waals surface area contributed by atoms with Crippen molar-refractivity contribution in [2.75, 3.05) is 0 Å². The fraction of sp³-hybridized carbons (Fsp3) is 0.400. The Bertz CT molecular complexity index is 475.